The van der Waals surface area contributed by atoms with Crippen LogP contribution in [0.5, 0.6) is 0 Å². The van der Waals surface area contributed by atoms with E-state index in [0.717, 1.165) is 42.1 Å². The molecule has 0 saturated carbocycles. The number of aromatic nitrogens is 2. The molecule has 2 atom stereocenters. The molecule has 67 heavy (non-hydrogen) atoms. The van der Waals surface area contributed by atoms with Gasteiger partial charge in [-0.1, -0.05) is 23.7 Å². The first-order chi connectivity index (χ1) is 32.2. The van der Waals surface area contributed by atoms with Gasteiger partial charge in [0, 0.05) is 82.7 Å². The highest BCUT2D eigenvalue weighted by molar-refractivity contribution is 7.92. The monoisotopic (exact) mass is 953 g/mol. The Morgan fingerprint density at radius 1 is 0.836 bits per heavy atom. The highest BCUT2D eigenvalue weighted by atomic mass is 35.5. The van der Waals surface area contributed by atoms with Gasteiger partial charge in [-0.05, 0) is 80.1 Å². The molecule has 4 fully saturated rings. The van der Waals surface area contributed by atoms with Crippen LogP contribution in [0.25, 0.3) is 0 Å². The van der Waals surface area contributed by atoms with Crippen molar-refractivity contribution in [2.24, 2.45) is 5.92 Å². The van der Waals surface area contributed by atoms with E-state index in [4.69, 9.17) is 11.6 Å². The minimum absolute atomic E-state index is 0.0507. The van der Waals surface area contributed by atoms with E-state index in [-0.39, 0.29) is 58.4 Å². The number of carbonyl (C=O) groups excluding carboxylic acids is 5. The number of nitrogens with zero attached hydrogens (tertiary/aromatic N) is 8. The highest BCUT2D eigenvalue weighted by Gasteiger charge is 2.45. The van der Waals surface area contributed by atoms with Gasteiger partial charge in [-0.15, -0.1) is 0 Å². The van der Waals surface area contributed by atoms with Gasteiger partial charge in [-0.3, -0.25) is 43.4 Å². The fourth-order valence-electron chi connectivity index (χ4n) is 10.4. The normalized spacial score (nSPS) is 21.5. The van der Waals surface area contributed by atoms with E-state index < -0.39 is 39.7 Å². The number of benzene rings is 3. The summed E-state index contributed by atoms with van der Waals surface area (Å²) >= 11 is 6.46. The Bertz CT molecular complexity index is 2820. The summed E-state index contributed by atoms with van der Waals surface area (Å²) in [5.74, 6) is -2.22. The molecular weight excluding hydrogens is 905 g/mol. The van der Waals surface area contributed by atoms with Gasteiger partial charge in [0.25, 0.3) is 11.8 Å². The van der Waals surface area contributed by atoms with E-state index in [1.54, 1.807) is 36.4 Å². The number of rotatable bonds is 10. The molecule has 21 heteroatoms. The highest BCUT2D eigenvalue weighted by Crippen LogP contribution is 2.40. The summed E-state index contributed by atoms with van der Waals surface area (Å²) in [5, 5.41) is 8.68. The van der Waals surface area contributed by atoms with Crippen LogP contribution in [0.1, 0.15) is 58.4 Å². The predicted octanol–water partition coefficient (Wildman–Crippen LogP) is 4.12. The smallest absolute Gasteiger partial charge is 0.262 e. The minimum atomic E-state index is -3.50. The van der Waals surface area contributed by atoms with Crippen molar-refractivity contribution in [3.05, 3.63) is 88.3 Å². The van der Waals surface area contributed by atoms with Gasteiger partial charge in [0.2, 0.25) is 33.7 Å². The Kier molecular flexibility index (Phi) is 11.7. The number of sulfonamides is 1. The molecule has 3 N–H and O–H groups in total. The van der Waals surface area contributed by atoms with Crippen molar-refractivity contribution < 1.29 is 36.8 Å². The molecule has 4 saturated heterocycles. The Morgan fingerprint density at radius 2 is 1.60 bits per heavy atom. The van der Waals surface area contributed by atoms with Crippen molar-refractivity contribution >= 4 is 91.4 Å². The van der Waals surface area contributed by atoms with Crippen LogP contribution in [0.2, 0.25) is 5.02 Å². The molecule has 3 aromatic carbocycles. The number of amides is 5. The van der Waals surface area contributed by atoms with Crippen LogP contribution in [0.15, 0.2) is 60.8 Å². The van der Waals surface area contributed by atoms with Crippen molar-refractivity contribution in [2.45, 2.75) is 50.6 Å². The predicted molar refractivity (Wildman–Crippen MR) is 249 cm³/mol. The molecule has 4 aromatic rings. The zero-order valence-electron chi connectivity index (χ0n) is 36.7. The molecular formula is C46H49ClFN11O7S. The van der Waals surface area contributed by atoms with Crippen molar-refractivity contribution in [2.75, 3.05) is 89.9 Å². The van der Waals surface area contributed by atoms with E-state index in [0.29, 0.717) is 87.4 Å². The maximum atomic E-state index is 15.7. The number of piperazine rings is 1. The first kappa shape index (κ1) is 44.5. The molecule has 7 heterocycles. The molecule has 5 amide bonds. The summed E-state index contributed by atoms with van der Waals surface area (Å²) in [4.78, 5) is 82.7. The molecule has 350 valence electrons. The van der Waals surface area contributed by atoms with Crippen LogP contribution in [-0.4, -0.2) is 140 Å². The second-order valence-corrected chi connectivity index (χ2v) is 20.2. The fraction of sp³-hybridized carbons (Fsp3) is 0.413. The third kappa shape index (κ3) is 8.61. The second kappa shape index (κ2) is 17.7. The SMILES string of the molecule is CS(=O)(=O)N1CCc2cccc(Nc3nc(Nc4ccc(N5CCC(N6CCN(C(=O)[C@H]7CCN(c8ccc9c(c8)C(=O)N(C8CCC(=O)NC8=O)C9=O)C7)CC6)CC5)c(F)c4)ncc3Cl)c21. The second-order valence-electron chi connectivity index (χ2n) is 17.9. The van der Waals surface area contributed by atoms with Gasteiger partial charge < -0.3 is 25.3 Å². The molecule has 10 rings (SSSR count). The minimum Gasteiger partial charge on any atom is -0.371 e. The van der Waals surface area contributed by atoms with Gasteiger partial charge in [0.05, 0.1) is 46.6 Å². The third-order valence-corrected chi connectivity index (χ3v) is 15.3. The van der Waals surface area contributed by atoms with Crippen LogP contribution in [0.4, 0.5) is 44.6 Å². The molecule has 18 nitrogen and oxygen atoms in total. The lowest BCUT2D eigenvalue weighted by Gasteiger charge is -2.43. The summed E-state index contributed by atoms with van der Waals surface area (Å²) in [6.45, 7) is 5.56. The molecule has 1 aromatic heterocycles. The van der Waals surface area contributed by atoms with Crippen LogP contribution in [-0.2, 0) is 30.8 Å². The lowest BCUT2D eigenvalue weighted by molar-refractivity contribution is -0.137. The number of halogens is 2. The van der Waals surface area contributed by atoms with Crippen molar-refractivity contribution in [3.8, 4) is 0 Å². The van der Waals surface area contributed by atoms with E-state index in [2.05, 4.69) is 40.6 Å². The van der Waals surface area contributed by atoms with Gasteiger partial charge in [0.15, 0.2) is 5.82 Å². The summed E-state index contributed by atoms with van der Waals surface area (Å²) < 4.78 is 42.1. The lowest BCUT2D eigenvalue weighted by atomic mass is 10.0. The third-order valence-electron chi connectivity index (χ3n) is 13.8. The van der Waals surface area contributed by atoms with E-state index in [1.807, 2.05) is 17.0 Å². The topological polar surface area (TPSA) is 201 Å². The Balaban J connectivity index is 0.696. The zero-order valence-corrected chi connectivity index (χ0v) is 38.3. The van der Waals surface area contributed by atoms with E-state index >= 15 is 4.39 Å². The van der Waals surface area contributed by atoms with Crippen LogP contribution >= 0.6 is 11.6 Å². The molecule has 0 bridgehead atoms. The van der Waals surface area contributed by atoms with E-state index in [9.17, 15) is 32.4 Å². The largest absolute Gasteiger partial charge is 0.371 e. The lowest BCUT2D eigenvalue weighted by Crippen LogP contribution is -2.55. The zero-order chi connectivity index (χ0) is 46.7. The quantitative estimate of drug-likeness (QED) is 0.192. The van der Waals surface area contributed by atoms with Crippen LogP contribution in [0, 0.1) is 11.7 Å². The molecule has 0 spiro atoms. The maximum absolute atomic E-state index is 15.7. The molecule has 0 aliphatic carbocycles. The van der Waals surface area contributed by atoms with Crippen molar-refractivity contribution in [3.63, 3.8) is 0 Å². The van der Waals surface area contributed by atoms with Gasteiger partial charge in [-0.25, -0.2) is 17.8 Å². The molecule has 6 aliphatic rings. The Labute approximate surface area is 391 Å². The summed E-state index contributed by atoms with van der Waals surface area (Å²) in [6.07, 6.45) is 5.69. The summed E-state index contributed by atoms with van der Waals surface area (Å²) in [7, 11) is -3.50. The first-order valence-corrected chi connectivity index (χ1v) is 24.8. The van der Waals surface area contributed by atoms with Crippen LogP contribution < -0.4 is 30.1 Å². The molecule has 6 aliphatic heterocycles. The van der Waals surface area contributed by atoms with Gasteiger partial charge >= 0.3 is 0 Å². The molecule has 0 radical (unpaired) electrons. The average molecular weight is 954 g/mol. The fourth-order valence-corrected chi connectivity index (χ4v) is 11.5. The number of hydrogen-bond acceptors (Lipinski definition) is 14. The van der Waals surface area contributed by atoms with Crippen molar-refractivity contribution in [1.29, 1.82) is 0 Å². The number of piperidine rings is 2. The maximum Gasteiger partial charge on any atom is 0.262 e. The van der Waals surface area contributed by atoms with Crippen LogP contribution in [0.3, 0.4) is 0 Å². The standard InChI is InChI=1S/C46H49ClFN11O7S/c1-67(65,66)58-18-12-27-3-2-4-36(40(27)58)51-41-34(47)25-49-46(53-41)50-29-5-8-37(35(48)23-29)55-16-13-30(14-17-55)54-19-21-56(22-20-54)43(62)28-11-15-57(26-28)31-6-7-32-33(24-31)45(64)59(44(32)63)38-9-10-39(60)52-42(38)61/h2-8,23-25,28,30,38H,9-22,26H2,1H3,(H,52,60,61)(H2,49,50,51,53)/t28-,38?/m0/s1. The number of fused-ring (bicyclic) bond motifs is 2. The number of para-hydroxylation sites is 1. The van der Waals surface area contributed by atoms with E-state index in [1.165, 1.54) is 22.8 Å². The molecule has 1 unspecified atom stereocenters. The summed E-state index contributed by atoms with van der Waals surface area (Å²) in [6, 6.07) is 14.8. The Hall–Kier alpha value is -6.38. The van der Waals surface area contributed by atoms with Gasteiger partial charge in [0.1, 0.15) is 16.9 Å². The Morgan fingerprint density at radius 3 is 2.34 bits per heavy atom. The average Bonchev–Trinajstić information content (AvgIpc) is 4.05. The number of anilines is 7. The summed E-state index contributed by atoms with van der Waals surface area (Å²) in [5.41, 5.74) is 4.11. The van der Waals surface area contributed by atoms with Crippen molar-refractivity contribution in [1.82, 2.24) is 30.0 Å². The first-order valence-electron chi connectivity index (χ1n) is 22.5. The number of carbonyl (C=O) groups is 5. The van der Waals surface area contributed by atoms with Gasteiger partial charge in [-0.2, -0.15) is 4.98 Å². The number of nitrogens with one attached hydrogen (secondary N) is 3. The number of imide groups is 2. The number of hydrogen-bond donors (Lipinski definition) is 3.